The zero-order valence-electron chi connectivity index (χ0n) is 9.75. The van der Waals surface area contributed by atoms with Crippen LogP contribution in [0, 0.1) is 13.8 Å². The molecular formula is C12H10BrClN2O2. The summed E-state index contributed by atoms with van der Waals surface area (Å²) in [6.45, 7) is 3.61. The summed E-state index contributed by atoms with van der Waals surface area (Å²) in [6.07, 6.45) is 0. The first-order valence-corrected chi connectivity index (χ1v) is 6.35. The van der Waals surface area contributed by atoms with Crippen molar-refractivity contribution in [3.63, 3.8) is 0 Å². The first kappa shape index (κ1) is 13.1. The number of benzene rings is 1. The monoisotopic (exact) mass is 328 g/mol. The summed E-state index contributed by atoms with van der Waals surface area (Å²) in [4.78, 5) is 11.9. The first-order valence-electron chi connectivity index (χ1n) is 5.17. The van der Waals surface area contributed by atoms with Gasteiger partial charge in [0.05, 0.1) is 5.69 Å². The molecule has 1 heterocycles. The number of carbonyl (C=O) groups excluding carboxylic acids is 1. The van der Waals surface area contributed by atoms with E-state index in [1.807, 2.05) is 13.0 Å². The maximum atomic E-state index is 11.9. The molecule has 0 atom stereocenters. The van der Waals surface area contributed by atoms with Crippen LogP contribution in [0.5, 0.6) is 0 Å². The molecule has 1 N–H and O–H groups in total. The molecule has 6 heteroatoms. The number of aryl methyl sites for hydroxylation is 2. The van der Waals surface area contributed by atoms with Crippen LogP contribution in [-0.2, 0) is 0 Å². The van der Waals surface area contributed by atoms with Crippen LogP contribution in [0.2, 0.25) is 5.02 Å². The lowest BCUT2D eigenvalue weighted by atomic mass is 10.2. The van der Waals surface area contributed by atoms with Gasteiger partial charge in [0.15, 0.2) is 5.69 Å². The van der Waals surface area contributed by atoms with Gasteiger partial charge in [0.1, 0.15) is 5.76 Å². The maximum absolute atomic E-state index is 11.9. The number of halogens is 2. The number of hydrogen-bond acceptors (Lipinski definition) is 3. The number of hydrogen-bond donors (Lipinski definition) is 1. The lowest BCUT2D eigenvalue weighted by molar-refractivity contribution is 0.101. The van der Waals surface area contributed by atoms with Crippen molar-refractivity contribution in [2.75, 3.05) is 5.32 Å². The van der Waals surface area contributed by atoms with Crippen LogP contribution in [0.3, 0.4) is 0 Å². The van der Waals surface area contributed by atoms with Crippen LogP contribution >= 0.6 is 27.5 Å². The number of amides is 1. The molecule has 0 unspecified atom stereocenters. The molecule has 0 saturated carbocycles. The molecule has 4 nitrogen and oxygen atoms in total. The van der Waals surface area contributed by atoms with Gasteiger partial charge in [-0.05, 0) is 47.5 Å². The van der Waals surface area contributed by atoms with Crippen molar-refractivity contribution in [2.24, 2.45) is 0 Å². The molecular weight excluding hydrogens is 320 g/mol. The smallest absolute Gasteiger partial charge is 0.277 e. The molecule has 0 saturated heterocycles. The zero-order chi connectivity index (χ0) is 13.3. The number of nitrogens with zero attached hydrogens (tertiary/aromatic N) is 1. The van der Waals surface area contributed by atoms with Gasteiger partial charge in [0, 0.05) is 15.6 Å². The topological polar surface area (TPSA) is 55.1 Å². The van der Waals surface area contributed by atoms with Crippen LogP contribution in [-0.4, -0.2) is 11.1 Å². The molecule has 0 aliphatic carbocycles. The summed E-state index contributed by atoms with van der Waals surface area (Å²) < 4.78 is 5.61. The van der Waals surface area contributed by atoms with E-state index in [2.05, 4.69) is 26.4 Å². The number of anilines is 1. The highest BCUT2D eigenvalue weighted by molar-refractivity contribution is 9.10. The highest BCUT2D eigenvalue weighted by atomic mass is 79.9. The van der Waals surface area contributed by atoms with Crippen LogP contribution in [0.15, 0.2) is 27.2 Å². The standard InChI is InChI=1S/C12H10BrClN2O2/c1-6-3-8(13)10(5-9(6)14)15-12(17)11-4-7(2)18-16-11/h3-5H,1-2H3,(H,15,17). The largest absolute Gasteiger partial charge is 0.361 e. The van der Waals surface area contributed by atoms with Crippen LogP contribution in [0.25, 0.3) is 0 Å². The average molecular weight is 330 g/mol. The molecule has 0 bridgehead atoms. The van der Waals surface area contributed by atoms with E-state index in [9.17, 15) is 4.79 Å². The van der Waals surface area contributed by atoms with E-state index in [1.54, 1.807) is 19.1 Å². The number of carbonyl (C=O) groups is 1. The quantitative estimate of drug-likeness (QED) is 0.907. The van der Waals surface area contributed by atoms with Crippen molar-refractivity contribution in [3.05, 3.63) is 44.7 Å². The minimum Gasteiger partial charge on any atom is -0.361 e. The van der Waals surface area contributed by atoms with Gasteiger partial charge in [0.2, 0.25) is 0 Å². The second-order valence-electron chi connectivity index (χ2n) is 3.86. The SMILES string of the molecule is Cc1cc(C(=O)Nc2cc(Cl)c(C)cc2Br)no1. The van der Waals surface area contributed by atoms with Crippen molar-refractivity contribution >= 4 is 39.1 Å². The second kappa shape index (κ2) is 5.12. The van der Waals surface area contributed by atoms with Gasteiger partial charge in [-0.2, -0.15) is 0 Å². The van der Waals surface area contributed by atoms with Crippen molar-refractivity contribution < 1.29 is 9.32 Å². The Morgan fingerprint density at radius 2 is 2.11 bits per heavy atom. The lowest BCUT2D eigenvalue weighted by Crippen LogP contribution is -2.12. The molecule has 1 aromatic carbocycles. The molecule has 1 aromatic heterocycles. The fraction of sp³-hybridized carbons (Fsp3) is 0.167. The third-order valence-electron chi connectivity index (χ3n) is 2.36. The molecule has 0 aliphatic rings. The van der Waals surface area contributed by atoms with Crippen molar-refractivity contribution in [1.29, 1.82) is 0 Å². The number of rotatable bonds is 2. The Hall–Kier alpha value is -1.33. The normalized spacial score (nSPS) is 10.4. The highest BCUT2D eigenvalue weighted by Gasteiger charge is 2.13. The Morgan fingerprint density at radius 1 is 1.39 bits per heavy atom. The van der Waals surface area contributed by atoms with Gasteiger partial charge in [-0.3, -0.25) is 4.79 Å². The van der Waals surface area contributed by atoms with Crippen molar-refractivity contribution in [3.8, 4) is 0 Å². The van der Waals surface area contributed by atoms with Gasteiger partial charge in [-0.1, -0.05) is 16.8 Å². The summed E-state index contributed by atoms with van der Waals surface area (Å²) in [5.41, 5.74) is 1.76. The Balaban J connectivity index is 2.24. The molecule has 2 rings (SSSR count). The van der Waals surface area contributed by atoms with E-state index in [-0.39, 0.29) is 11.6 Å². The van der Waals surface area contributed by atoms with Crippen molar-refractivity contribution in [1.82, 2.24) is 5.16 Å². The van der Waals surface area contributed by atoms with Crippen molar-refractivity contribution in [2.45, 2.75) is 13.8 Å². The maximum Gasteiger partial charge on any atom is 0.277 e. The third-order valence-corrected chi connectivity index (χ3v) is 3.42. The molecule has 18 heavy (non-hydrogen) atoms. The van der Waals surface area contributed by atoms with E-state index in [0.717, 1.165) is 10.0 Å². The average Bonchev–Trinajstić information content (AvgIpc) is 2.73. The van der Waals surface area contributed by atoms with Gasteiger partial charge in [-0.15, -0.1) is 0 Å². The van der Waals surface area contributed by atoms with Gasteiger partial charge in [0.25, 0.3) is 5.91 Å². The Labute approximate surface area is 117 Å². The predicted octanol–water partition coefficient (Wildman–Crippen LogP) is 3.96. The lowest BCUT2D eigenvalue weighted by Gasteiger charge is -2.08. The minimum atomic E-state index is -0.340. The fourth-order valence-corrected chi connectivity index (χ4v) is 2.12. The van der Waals surface area contributed by atoms with E-state index >= 15 is 0 Å². The summed E-state index contributed by atoms with van der Waals surface area (Å²) >= 11 is 9.38. The second-order valence-corrected chi connectivity index (χ2v) is 5.12. The zero-order valence-corrected chi connectivity index (χ0v) is 12.1. The van der Waals surface area contributed by atoms with E-state index in [4.69, 9.17) is 16.1 Å². The predicted molar refractivity (Wildman–Crippen MR) is 73.1 cm³/mol. The van der Waals surface area contributed by atoms with Gasteiger partial charge >= 0.3 is 0 Å². The van der Waals surface area contributed by atoms with E-state index in [1.165, 1.54) is 0 Å². The summed E-state index contributed by atoms with van der Waals surface area (Å²) in [5, 5.41) is 6.95. The van der Waals surface area contributed by atoms with Crippen LogP contribution in [0.4, 0.5) is 5.69 Å². The van der Waals surface area contributed by atoms with Crippen LogP contribution in [0.1, 0.15) is 21.8 Å². The van der Waals surface area contributed by atoms with E-state index < -0.39 is 0 Å². The molecule has 94 valence electrons. The summed E-state index contributed by atoms with van der Waals surface area (Å²) in [6, 6.07) is 5.09. The van der Waals surface area contributed by atoms with Gasteiger partial charge < -0.3 is 9.84 Å². The molecule has 0 aliphatic heterocycles. The minimum absolute atomic E-state index is 0.232. The Bertz CT molecular complexity index is 610. The molecule has 1 amide bonds. The fourth-order valence-electron chi connectivity index (χ4n) is 1.40. The third kappa shape index (κ3) is 2.73. The molecule has 2 aromatic rings. The Morgan fingerprint density at radius 3 is 2.72 bits per heavy atom. The number of nitrogens with one attached hydrogen (secondary N) is 1. The Kier molecular flexibility index (Phi) is 3.73. The first-order chi connectivity index (χ1) is 8.47. The summed E-state index contributed by atoms with van der Waals surface area (Å²) in [5.74, 6) is 0.244. The highest BCUT2D eigenvalue weighted by Crippen LogP contribution is 2.29. The molecule has 0 spiro atoms. The van der Waals surface area contributed by atoms with Crippen LogP contribution < -0.4 is 5.32 Å². The van der Waals surface area contributed by atoms with E-state index in [0.29, 0.717) is 16.5 Å². The number of aromatic nitrogens is 1. The molecule has 0 fully saturated rings. The van der Waals surface area contributed by atoms with Gasteiger partial charge in [-0.25, -0.2) is 0 Å². The summed E-state index contributed by atoms with van der Waals surface area (Å²) in [7, 11) is 0. The molecule has 0 radical (unpaired) electrons.